The van der Waals surface area contributed by atoms with Crippen molar-refractivity contribution in [3.63, 3.8) is 0 Å². The Balaban J connectivity index is 1.93. The van der Waals surface area contributed by atoms with Crippen LogP contribution in [0.2, 0.25) is 0 Å². The Bertz CT molecular complexity index is 630. The Morgan fingerprint density at radius 1 is 1.23 bits per heavy atom. The molecule has 4 nitrogen and oxygen atoms in total. The number of hydrogen-bond donors (Lipinski definition) is 1. The second kappa shape index (κ2) is 4.75. The summed E-state index contributed by atoms with van der Waals surface area (Å²) in [6, 6.07) is 7.84. The van der Waals surface area contributed by atoms with Crippen LogP contribution >= 0.6 is 11.8 Å². The monoisotopic (exact) mass is 317 g/mol. The SMILES string of the molecule is CC(C)(C)c1ccc(N2C(=N)C3CSC(C)(C)N3C2=O)cc1. The number of hydrogen-bond acceptors (Lipinski definition) is 3. The highest BCUT2D eigenvalue weighted by atomic mass is 32.2. The van der Waals surface area contributed by atoms with Gasteiger partial charge in [0, 0.05) is 5.75 Å². The number of urea groups is 1. The van der Waals surface area contributed by atoms with E-state index in [4.69, 9.17) is 5.41 Å². The van der Waals surface area contributed by atoms with Gasteiger partial charge in [-0.1, -0.05) is 32.9 Å². The summed E-state index contributed by atoms with van der Waals surface area (Å²) in [4.78, 5) is 16.0. The van der Waals surface area contributed by atoms with Crippen molar-refractivity contribution in [3.8, 4) is 0 Å². The lowest BCUT2D eigenvalue weighted by Gasteiger charge is -2.29. The van der Waals surface area contributed by atoms with Gasteiger partial charge in [-0.25, -0.2) is 9.69 Å². The predicted octanol–water partition coefficient (Wildman–Crippen LogP) is 4.05. The standard InChI is InChI=1S/C17H23N3OS/c1-16(2,3)11-6-8-12(9-7-11)19-14(18)13-10-22-17(4,5)20(13)15(19)21/h6-9,13,18H,10H2,1-5H3. The quantitative estimate of drug-likeness (QED) is 0.849. The van der Waals surface area contributed by atoms with Gasteiger partial charge in [-0.15, -0.1) is 11.8 Å². The topological polar surface area (TPSA) is 47.4 Å². The van der Waals surface area contributed by atoms with Crippen LogP contribution in [0.15, 0.2) is 24.3 Å². The third-order valence-corrected chi connectivity index (χ3v) is 5.82. The Morgan fingerprint density at radius 2 is 1.82 bits per heavy atom. The molecule has 0 aromatic heterocycles. The Hall–Kier alpha value is -1.49. The molecule has 1 atom stereocenters. The molecule has 2 heterocycles. The molecule has 0 saturated carbocycles. The number of thioether (sulfide) groups is 1. The molecular weight excluding hydrogens is 294 g/mol. The van der Waals surface area contributed by atoms with E-state index in [-0.39, 0.29) is 22.4 Å². The molecule has 1 aromatic carbocycles. The fourth-order valence-corrected chi connectivity index (χ4v) is 4.30. The maximum absolute atomic E-state index is 12.8. The van der Waals surface area contributed by atoms with Gasteiger partial charge in [-0.05, 0) is 37.0 Å². The van der Waals surface area contributed by atoms with E-state index in [1.54, 1.807) is 16.7 Å². The predicted molar refractivity (Wildman–Crippen MR) is 92.9 cm³/mol. The van der Waals surface area contributed by atoms with Crippen molar-refractivity contribution in [2.45, 2.75) is 50.9 Å². The van der Waals surface area contributed by atoms with Gasteiger partial charge in [0.05, 0.1) is 10.6 Å². The first-order valence-electron chi connectivity index (χ1n) is 7.59. The van der Waals surface area contributed by atoms with Crippen LogP contribution in [-0.2, 0) is 5.41 Å². The van der Waals surface area contributed by atoms with Crippen LogP contribution in [0.25, 0.3) is 0 Å². The summed E-state index contributed by atoms with van der Waals surface area (Å²) in [6.07, 6.45) is 0. The van der Waals surface area contributed by atoms with E-state index in [9.17, 15) is 4.79 Å². The van der Waals surface area contributed by atoms with Gasteiger partial charge < -0.3 is 0 Å². The number of carbonyl (C=O) groups excluding carboxylic acids is 1. The maximum atomic E-state index is 12.8. The lowest BCUT2D eigenvalue weighted by molar-refractivity contribution is 0.193. The van der Waals surface area contributed by atoms with Gasteiger partial charge in [0.2, 0.25) is 0 Å². The molecule has 0 radical (unpaired) electrons. The molecule has 1 aromatic rings. The lowest BCUT2D eigenvalue weighted by atomic mass is 9.87. The maximum Gasteiger partial charge on any atom is 0.331 e. The first-order valence-corrected chi connectivity index (χ1v) is 8.58. The third-order valence-electron chi connectivity index (χ3n) is 4.43. The zero-order valence-electron chi connectivity index (χ0n) is 13.8. The summed E-state index contributed by atoms with van der Waals surface area (Å²) in [5.74, 6) is 1.19. The minimum Gasteiger partial charge on any atom is -0.299 e. The Kier molecular flexibility index (Phi) is 3.33. The minimum absolute atomic E-state index is 0.0755. The molecule has 0 spiro atoms. The fourth-order valence-electron chi connectivity index (χ4n) is 3.09. The number of benzene rings is 1. The van der Waals surface area contributed by atoms with Gasteiger partial charge >= 0.3 is 6.03 Å². The highest BCUT2D eigenvalue weighted by Crippen LogP contribution is 2.44. The van der Waals surface area contributed by atoms with Crippen molar-refractivity contribution in [1.29, 1.82) is 5.41 Å². The van der Waals surface area contributed by atoms with E-state index in [0.29, 0.717) is 5.84 Å². The van der Waals surface area contributed by atoms with Crippen molar-refractivity contribution >= 4 is 29.3 Å². The number of amides is 2. The highest BCUT2D eigenvalue weighted by Gasteiger charge is 2.54. The van der Waals surface area contributed by atoms with E-state index in [2.05, 4.69) is 46.8 Å². The smallest absolute Gasteiger partial charge is 0.299 e. The number of nitrogens with zero attached hydrogens (tertiary/aromatic N) is 2. The van der Waals surface area contributed by atoms with E-state index in [1.807, 2.05) is 17.0 Å². The molecule has 22 heavy (non-hydrogen) atoms. The first-order chi connectivity index (χ1) is 10.1. The second-order valence-corrected chi connectivity index (χ2v) is 9.06. The van der Waals surface area contributed by atoms with Crippen molar-refractivity contribution in [2.75, 3.05) is 10.7 Å². The normalized spacial score (nSPS) is 24.1. The molecule has 0 aliphatic carbocycles. The number of amidine groups is 1. The highest BCUT2D eigenvalue weighted by molar-refractivity contribution is 8.00. The fraction of sp³-hybridized carbons (Fsp3) is 0.529. The van der Waals surface area contributed by atoms with Crippen LogP contribution in [0.4, 0.5) is 10.5 Å². The minimum atomic E-state index is -0.242. The average molecular weight is 317 g/mol. The van der Waals surface area contributed by atoms with Crippen LogP contribution in [0.3, 0.4) is 0 Å². The summed E-state index contributed by atoms with van der Waals surface area (Å²) in [5.41, 5.74) is 2.10. The number of fused-ring (bicyclic) bond motifs is 1. The molecule has 1 N–H and O–H groups in total. The molecule has 2 aliphatic heterocycles. The van der Waals surface area contributed by atoms with Crippen LogP contribution in [0.1, 0.15) is 40.2 Å². The zero-order chi connectivity index (χ0) is 16.3. The number of carbonyl (C=O) groups is 1. The number of anilines is 1. The molecule has 2 aliphatic rings. The first kappa shape index (κ1) is 15.4. The zero-order valence-corrected chi connectivity index (χ0v) is 14.6. The molecule has 3 rings (SSSR count). The molecule has 2 saturated heterocycles. The molecule has 118 valence electrons. The summed E-state index contributed by atoms with van der Waals surface area (Å²) < 4.78 is 0. The lowest BCUT2D eigenvalue weighted by Crippen LogP contribution is -2.43. The Labute approximate surface area is 136 Å². The van der Waals surface area contributed by atoms with Crippen molar-refractivity contribution < 1.29 is 4.79 Å². The third kappa shape index (κ3) is 2.22. The summed E-state index contributed by atoms with van der Waals surface area (Å²) in [5, 5.41) is 8.40. The molecular formula is C17H23N3OS. The Morgan fingerprint density at radius 3 is 2.32 bits per heavy atom. The molecule has 0 bridgehead atoms. The van der Waals surface area contributed by atoms with E-state index in [1.165, 1.54) is 5.56 Å². The molecule has 5 heteroatoms. The van der Waals surface area contributed by atoms with E-state index in [0.717, 1.165) is 11.4 Å². The summed E-state index contributed by atoms with van der Waals surface area (Å²) in [7, 11) is 0. The van der Waals surface area contributed by atoms with E-state index >= 15 is 0 Å². The van der Waals surface area contributed by atoms with Gasteiger partial charge in [-0.3, -0.25) is 10.3 Å². The largest absolute Gasteiger partial charge is 0.331 e. The molecule has 2 amide bonds. The van der Waals surface area contributed by atoms with Crippen LogP contribution in [0, 0.1) is 5.41 Å². The summed E-state index contributed by atoms with van der Waals surface area (Å²) in [6.45, 7) is 10.6. The van der Waals surface area contributed by atoms with Gasteiger partial charge in [0.25, 0.3) is 0 Å². The van der Waals surface area contributed by atoms with Crippen molar-refractivity contribution in [2.24, 2.45) is 0 Å². The van der Waals surface area contributed by atoms with Gasteiger partial charge in [0.15, 0.2) is 0 Å². The second-order valence-electron chi connectivity index (χ2n) is 7.44. The summed E-state index contributed by atoms with van der Waals surface area (Å²) >= 11 is 1.74. The van der Waals surface area contributed by atoms with Crippen molar-refractivity contribution in [1.82, 2.24) is 4.90 Å². The van der Waals surface area contributed by atoms with Crippen LogP contribution in [-0.4, -0.2) is 33.4 Å². The van der Waals surface area contributed by atoms with Crippen LogP contribution < -0.4 is 4.90 Å². The number of nitrogens with one attached hydrogen (secondary N) is 1. The van der Waals surface area contributed by atoms with Crippen molar-refractivity contribution in [3.05, 3.63) is 29.8 Å². The van der Waals surface area contributed by atoms with Gasteiger partial charge in [-0.2, -0.15) is 0 Å². The number of rotatable bonds is 1. The van der Waals surface area contributed by atoms with Gasteiger partial charge in [0.1, 0.15) is 11.9 Å². The van der Waals surface area contributed by atoms with Crippen LogP contribution in [0.5, 0.6) is 0 Å². The molecule has 1 unspecified atom stereocenters. The average Bonchev–Trinajstić information content (AvgIpc) is 2.86. The molecule has 2 fully saturated rings. The van der Waals surface area contributed by atoms with E-state index < -0.39 is 0 Å².